The summed E-state index contributed by atoms with van der Waals surface area (Å²) in [5, 5.41) is 10.5. The minimum atomic E-state index is -0.180. The zero-order valence-electron chi connectivity index (χ0n) is 17.4. The van der Waals surface area contributed by atoms with E-state index in [9.17, 15) is 9.90 Å². The first kappa shape index (κ1) is 22.0. The Morgan fingerprint density at radius 2 is 1.68 bits per heavy atom. The van der Waals surface area contributed by atoms with Crippen LogP contribution in [-0.4, -0.2) is 36.5 Å². The van der Waals surface area contributed by atoms with Crippen LogP contribution in [0, 0.1) is 0 Å². The molecule has 0 aliphatic carbocycles. The molecule has 0 saturated carbocycles. The lowest BCUT2D eigenvalue weighted by atomic mass is 9.99. The van der Waals surface area contributed by atoms with Crippen LogP contribution in [0.2, 0.25) is 0 Å². The highest BCUT2D eigenvalue weighted by molar-refractivity contribution is 6.10. The molecule has 0 saturated heterocycles. The number of carbonyl (C=O) groups is 1. The quantitative estimate of drug-likeness (QED) is 0.392. The van der Waals surface area contributed by atoms with Crippen LogP contribution in [0.4, 0.5) is 0 Å². The van der Waals surface area contributed by atoms with E-state index in [1.165, 1.54) is 25.7 Å². The van der Waals surface area contributed by atoms with Crippen molar-refractivity contribution in [3.63, 3.8) is 0 Å². The Hall–Kier alpha value is -2.33. The van der Waals surface area contributed by atoms with E-state index < -0.39 is 0 Å². The van der Waals surface area contributed by atoms with E-state index in [1.54, 1.807) is 24.3 Å². The van der Waals surface area contributed by atoms with Crippen LogP contribution < -0.4 is 4.74 Å². The normalized spacial score (nSPS) is 11.0. The van der Waals surface area contributed by atoms with E-state index in [-0.39, 0.29) is 11.5 Å². The summed E-state index contributed by atoms with van der Waals surface area (Å²) in [7, 11) is 3.95. The van der Waals surface area contributed by atoms with Crippen LogP contribution >= 0.6 is 0 Å². The molecular formula is C24H33NO3. The van der Waals surface area contributed by atoms with Crippen molar-refractivity contribution in [2.24, 2.45) is 0 Å². The number of benzene rings is 2. The molecule has 0 radical (unpaired) electrons. The number of nitrogens with zero attached hydrogens (tertiary/aromatic N) is 1. The molecule has 2 rings (SSSR count). The van der Waals surface area contributed by atoms with Crippen LogP contribution in [0.15, 0.2) is 42.5 Å². The van der Waals surface area contributed by atoms with Crippen molar-refractivity contribution in [1.82, 2.24) is 4.90 Å². The third kappa shape index (κ3) is 6.68. The Morgan fingerprint density at radius 3 is 2.36 bits per heavy atom. The Bertz CT molecular complexity index is 741. The summed E-state index contributed by atoms with van der Waals surface area (Å²) in [5.74, 6) is 0.444. The first-order chi connectivity index (χ1) is 13.5. The van der Waals surface area contributed by atoms with Gasteiger partial charge in [0.2, 0.25) is 0 Å². The Kier molecular flexibility index (Phi) is 9.02. The van der Waals surface area contributed by atoms with Gasteiger partial charge >= 0.3 is 0 Å². The molecule has 4 heteroatoms. The molecule has 28 heavy (non-hydrogen) atoms. The average molecular weight is 384 g/mol. The molecule has 0 aliphatic rings. The molecule has 0 amide bonds. The molecule has 0 heterocycles. The fourth-order valence-corrected chi connectivity index (χ4v) is 3.20. The van der Waals surface area contributed by atoms with Crippen LogP contribution in [0.25, 0.3) is 0 Å². The van der Waals surface area contributed by atoms with Crippen LogP contribution in [0.3, 0.4) is 0 Å². The van der Waals surface area contributed by atoms with Crippen LogP contribution in [0.1, 0.15) is 66.9 Å². The topological polar surface area (TPSA) is 49.8 Å². The molecule has 1 N–H and O–H groups in total. The Labute approximate surface area is 169 Å². The highest BCUT2D eigenvalue weighted by Crippen LogP contribution is 2.31. The third-order valence-corrected chi connectivity index (χ3v) is 4.70. The van der Waals surface area contributed by atoms with Gasteiger partial charge < -0.3 is 14.7 Å². The van der Waals surface area contributed by atoms with Crippen molar-refractivity contribution in [2.75, 3.05) is 20.7 Å². The van der Waals surface area contributed by atoms with E-state index >= 15 is 0 Å². The standard InChI is InChI=1S/C24H33NO3/c1-4-5-6-7-8-12-15-28-23-17-22(26)21(16-20(23)18-25(2)3)24(27)19-13-10-9-11-14-19/h9-11,13-14,16-17,26H,4-8,12,15,18H2,1-3H3. The van der Waals surface area contributed by atoms with Gasteiger partial charge in [0, 0.05) is 23.7 Å². The fraction of sp³-hybridized carbons (Fsp3) is 0.458. The van der Waals surface area contributed by atoms with Gasteiger partial charge in [-0.2, -0.15) is 0 Å². The van der Waals surface area contributed by atoms with Crippen molar-refractivity contribution in [3.8, 4) is 11.5 Å². The number of rotatable bonds is 12. The summed E-state index contributed by atoms with van der Waals surface area (Å²) in [6.07, 6.45) is 7.20. The Balaban J connectivity index is 2.10. The SMILES string of the molecule is CCCCCCCCOc1cc(O)c(C(=O)c2ccccc2)cc1CN(C)C. The summed E-state index contributed by atoms with van der Waals surface area (Å²) in [4.78, 5) is 14.8. The molecular weight excluding hydrogens is 350 g/mol. The molecule has 0 unspecified atom stereocenters. The predicted molar refractivity (Wildman–Crippen MR) is 114 cm³/mol. The third-order valence-electron chi connectivity index (χ3n) is 4.70. The van der Waals surface area contributed by atoms with Gasteiger partial charge in [-0.1, -0.05) is 69.4 Å². The highest BCUT2D eigenvalue weighted by atomic mass is 16.5. The van der Waals surface area contributed by atoms with E-state index in [2.05, 4.69) is 6.92 Å². The molecule has 0 spiro atoms. The predicted octanol–water partition coefficient (Wildman–Crippen LogP) is 5.42. The van der Waals surface area contributed by atoms with Crippen molar-refractivity contribution < 1.29 is 14.6 Å². The number of unbranched alkanes of at least 4 members (excludes halogenated alkanes) is 5. The van der Waals surface area contributed by atoms with Crippen LogP contribution in [-0.2, 0) is 6.54 Å². The number of phenols is 1. The van der Waals surface area contributed by atoms with Gasteiger partial charge in [-0.15, -0.1) is 0 Å². The maximum absolute atomic E-state index is 12.8. The number of hydrogen-bond acceptors (Lipinski definition) is 4. The van der Waals surface area contributed by atoms with Gasteiger partial charge in [0.1, 0.15) is 11.5 Å². The summed E-state index contributed by atoms with van der Waals surface area (Å²) < 4.78 is 5.97. The number of phenolic OH excluding ortho intramolecular Hbond substituents is 1. The van der Waals surface area contributed by atoms with Gasteiger partial charge in [0.25, 0.3) is 0 Å². The maximum Gasteiger partial charge on any atom is 0.196 e. The van der Waals surface area contributed by atoms with Crippen molar-refractivity contribution in [1.29, 1.82) is 0 Å². The number of carbonyl (C=O) groups excluding carboxylic acids is 1. The van der Waals surface area contributed by atoms with Crippen molar-refractivity contribution in [2.45, 2.75) is 52.0 Å². The first-order valence-electron chi connectivity index (χ1n) is 10.3. The fourth-order valence-electron chi connectivity index (χ4n) is 3.20. The first-order valence-corrected chi connectivity index (χ1v) is 10.3. The number of ketones is 1. The summed E-state index contributed by atoms with van der Waals surface area (Å²) in [6.45, 7) is 3.48. The number of aromatic hydroxyl groups is 1. The molecule has 0 aliphatic heterocycles. The van der Waals surface area contributed by atoms with Gasteiger partial charge in [0.05, 0.1) is 12.2 Å². The van der Waals surface area contributed by atoms with Crippen molar-refractivity contribution >= 4 is 5.78 Å². The molecule has 4 nitrogen and oxygen atoms in total. The van der Waals surface area contributed by atoms with E-state index in [4.69, 9.17) is 4.74 Å². The molecule has 0 aromatic heterocycles. The smallest absolute Gasteiger partial charge is 0.196 e. The number of hydrogen-bond donors (Lipinski definition) is 1. The molecule has 2 aromatic carbocycles. The Morgan fingerprint density at radius 1 is 1.00 bits per heavy atom. The molecule has 0 bridgehead atoms. The molecule has 152 valence electrons. The zero-order valence-corrected chi connectivity index (χ0v) is 17.4. The van der Waals surface area contributed by atoms with Gasteiger partial charge in [0.15, 0.2) is 5.78 Å². The lowest BCUT2D eigenvalue weighted by molar-refractivity contribution is 0.103. The average Bonchev–Trinajstić information content (AvgIpc) is 2.68. The second kappa shape index (κ2) is 11.5. The van der Waals surface area contributed by atoms with Gasteiger partial charge in [-0.25, -0.2) is 0 Å². The molecule has 2 aromatic rings. The molecule has 0 atom stereocenters. The summed E-state index contributed by atoms with van der Waals surface area (Å²) in [6, 6.07) is 12.4. The minimum Gasteiger partial charge on any atom is -0.507 e. The van der Waals surface area contributed by atoms with Gasteiger partial charge in [-0.05, 0) is 26.6 Å². The minimum absolute atomic E-state index is 0.0331. The van der Waals surface area contributed by atoms with Crippen LogP contribution in [0.5, 0.6) is 11.5 Å². The largest absolute Gasteiger partial charge is 0.507 e. The summed E-state index contributed by atoms with van der Waals surface area (Å²) >= 11 is 0. The second-order valence-electron chi connectivity index (χ2n) is 7.53. The van der Waals surface area contributed by atoms with Crippen molar-refractivity contribution in [3.05, 3.63) is 59.2 Å². The number of ether oxygens (including phenoxy) is 1. The molecule has 0 fully saturated rings. The van der Waals surface area contributed by atoms with Gasteiger partial charge in [-0.3, -0.25) is 4.79 Å². The second-order valence-corrected chi connectivity index (χ2v) is 7.53. The highest BCUT2D eigenvalue weighted by Gasteiger charge is 2.18. The lowest BCUT2D eigenvalue weighted by Crippen LogP contribution is -2.13. The lowest BCUT2D eigenvalue weighted by Gasteiger charge is -2.17. The van der Waals surface area contributed by atoms with E-state index in [0.717, 1.165) is 18.4 Å². The zero-order chi connectivity index (χ0) is 20.4. The monoisotopic (exact) mass is 383 g/mol. The summed E-state index contributed by atoms with van der Waals surface area (Å²) in [5.41, 5.74) is 1.79. The van der Waals surface area contributed by atoms with E-state index in [0.29, 0.717) is 30.0 Å². The van der Waals surface area contributed by atoms with E-state index in [1.807, 2.05) is 37.2 Å². The maximum atomic E-state index is 12.8.